The third-order valence-corrected chi connectivity index (χ3v) is 2.70. The number of aromatic amines is 1. The van der Waals surface area contributed by atoms with E-state index in [1.165, 1.54) is 12.3 Å². The van der Waals surface area contributed by atoms with Gasteiger partial charge < -0.3 is 5.32 Å². The van der Waals surface area contributed by atoms with Gasteiger partial charge in [0.25, 0.3) is 5.56 Å². The van der Waals surface area contributed by atoms with Gasteiger partial charge in [0, 0.05) is 0 Å². The van der Waals surface area contributed by atoms with Crippen LogP contribution in [0.4, 0.5) is 16.0 Å². The van der Waals surface area contributed by atoms with E-state index >= 15 is 0 Å². The Balaban J connectivity index is 2.34. The maximum Gasteiger partial charge on any atom is 0.266 e. The lowest BCUT2D eigenvalue weighted by Gasteiger charge is -2.07. The van der Waals surface area contributed by atoms with E-state index in [2.05, 4.69) is 31.2 Å². The van der Waals surface area contributed by atoms with Crippen molar-refractivity contribution < 1.29 is 4.39 Å². The summed E-state index contributed by atoms with van der Waals surface area (Å²) in [7, 11) is 0. The molecule has 2 aromatic rings. The maximum absolute atomic E-state index is 13.4. The van der Waals surface area contributed by atoms with Crippen LogP contribution in [-0.4, -0.2) is 9.97 Å². The molecule has 0 aliphatic carbocycles. The zero-order valence-corrected chi connectivity index (χ0v) is 10.5. The molecule has 0 saturated carbocycles. The Kier molecular flexibility index (Phi) is 3.23. The summed E-state index contributed by atoms with van der Waals surface area (Å²) in [6.07, 6.45) is 1.36. The summed E-state index contributed by atoms with van der Waals surface area (Å²) in [5.41, 5.74) is 0.861. The smallest absolute Gasteiger partial charge is 0.266 e. The predicted octanol–water partition coefficient (Wildman–Crippen LogP) is 2.72. The Labute approximate surface area is 105 Å². The van der Waals surface area contributed by atoms with Crippen molar-refractivity contribution in [2.75, 3.05) is 5.32 Å². The van der Waals surface area contributed by atoms with Crippen LogP contribution in [0.1, 0.15) is 5.56 Å². The molecule has 0 saturated heterocycles. The van der Waals surface area contributed by atoms with E-state index in [1.54, 1.807) is 12.1 Å². The fourth-order valence-electron chi connectivity index (χ4n) is 1.31. The zero-order valence-electron chi connectivity index (χ0n) is 8.92. The van der Waals surface area contributed by atoms with Crippen molar-refractivity contribution in [3.05, 3.63) is 50.6 Å². The topological polar surface area (TPSA) is 57.8 Å². The summed E-state index contributed by atoms with van der Waals surface area (Å²) in [5.74, 6) is -0.205. The fraction of sp³-hybridized carbons (Fsp3) is 0.0909. The van der Waals surface area contributed by atoms with Gasteiger partial charge in [-0.15, -0.1) is 0 Å². The van der Waals surface area contributed by atoms with Crippen molar-refractivity contribution in [2.45, 2.75) is 6.92 Å². The van der Waals surface area contributed by atoms with Crippen LogP contribution < -0.4 is 10.9 Å². The number of anilines is 2. The maximum atomic E-state index is 13.4. The van der Waals surface area contributed by atoms with Gasteiger partial charge in [0.05, 0.1) is 11.9 Å². The number of aromatic nitrogens is 2. The quantitative estimate of drug-likeness (QED) is 0.896. The molecule has 0 spiro atoms. The summed E-state index contributed by atoms with van der Waals surface area (Å²) < 4.78 is 13.8. The average molecular weight is 298 g/mol. The summed E-state index contributed by atoms with van der Waals surface area (Å²) >= 11 is 3.03. The van der Waals surface area contributed by atoms with Crippen molar-refractivity contribution in [2.24, 2.45) is 0 Å². The van der Waals surface area contributed by atoms with Gasteiger partial charge in [0.2, 0.25) is 5.95 Å². The molecule has 0 radical (unpaired) electrons. The van der Waals surface area contributed by atoms with E-state index < -0.39 is 5.82 Å². The molecule has 0 bridgehead atoms. The number of aryl methyl sites for hydroxylation is 1. The monoisotopic (exact) mass is 297 g/mol. The SMILES string of the molecule is Cc1ccc(F)c(Nc2ncc(Br)c(=O)[nH]2)c1. The summed E-state index contributed by atoms with van der Waals surface area (Å²) in [4.78, 5) is 17.7. The molecule has 17 heavy (non-hydrogen) atoms. The summed E-state index contributed by atoms with van der Waals surface area (Å²) in [6, 6.07) is 4.66. The first-order valence-corrected chi connectivity index (χ1v) is 5.63. The van der Waals surface area contributed by atoms with Crippen LogP contribution in [0.3, 0.4) is 0 Å². The van der Waals surface area contributed by atoms with Crippen LogP contribution in [0.25, 0.3) is 0 Å². The van der Waals surface area contributed by atoms with Crippen molar-refractivity contribution >= 4 is 27.6 Å². The van der Waals surface area contributed by atoms with E-state index in [-0.39, 0.29) is 17.2 Å². The normalized spacial score (nSPS) is 10.3. The highest BCUT2D eigenvalue weighted by molar-refractivity contribution is 9.10. The lowest BCUT2D eigenvalue weighted by Crippen LogP contribution is -2.11. The number of hydrogen-bond acceptors (Lipinski definition) is 3. The van der Waals surface area contributed by atoms with Gasteiger partial charge in [0.1, 0.15) is 10.3 Å². The number of nitrogens with one attached hydrogen (secondary N) is 2. The Morgan fingerprint density at radius 2 is 2.24 bits per heavy atom. The van der Waals surface area contributed by atoms with Crippen molar-refractivity contribution in [1.29, 1.82) is 0 Å². The average Bonchev–Trinajstić information content (AvgIpc) is 2.29. The Bertz CT molecular complexity index is 612. The molecule has 2 rings (SSSR count). The lowest BCUT2D eigenvalue weighted by molar-refractivity contribution is 0.631. The molecule has 4 nitrogen and oxygen atoms in total. The number of halogens is 2. The molecule has 1 aromatic heterocycles. The highest BCUT2D eigenvalue weighted by Crippen LogP contribution is 2.18. The van der Waals surface area contributed by atoms with Crippen LogP contribution in [-0.2, 0) is 0 Å². The van der Waals surface area contributed by atoms with Gasteiger partial charge >= 0.3 is 0 Å². The van der Waals surface area contributed by atoms with Gasteiger partial charge in [-0.3, -0.25) is 9.78 Å². The molecule has 1 heterocycles. The van der Waals surface area contributed by atoms with E-state index in [0.717, 1.165) is 5.56 Å². The van der Waals surface area contributed by atoms with Crippen LogP contribution in [0, 0.1) is 12.7 Å². The van der Waals surface area contributed by atoms with Crippen molar-refractivity contribution in [3.8, 4) is 0 Å². The van der Waals surface area contributed by atoms with Gasteiger partial charge in [-0.25, -0.2) is 9.37 Å². The summed E-state index contributed by atoms with van der Waals surface area (Å²) in [6.45, 7) is 1.85. The molecule has 0 aliphatic rings. The standard InChI is InChI=1S/C11H9BrFN3O/c1-6-2-3-8(13)9(4-6)15-11-14-5-7(12)10(17)16-11/h2-5H,1H3,(H2,14,15,16,17). The second-order valence-corrected chi connectivity index (χ2v) is 4.37. The highest BCUT2D eigenvalue weighted by Gasteiger charge is 2.04. The Morgan fingerprint density at radius 3 is 2.94 bits per heavy atom. The predicted molar refractivity (Wildman–Crippen MR) is 67.0 cm³/mol. The molecular weight excluding hydrogens is 289 g/mol. The molecule has 1 aromatic carbocycles. The van der Waals surface area contributed by atoms with Gasteiger partial charge in [-0.1, -0.05) is 6.07 Å². The van der Waals surface area contributed by atoms with Crippen LogP contribution >= 0.6 is 15.9 Å². The molecule has 6 heteroatoms. The minimum absolute atomic E-state index is 0.197. The van der Waals surface area contributed by atoms with Gasteiger partial charge in [-0.05, 0) is 40.5 Å². The second-order valence-electron chi connectivity index (χ2n) is 3.52. The second kappa shape index (κ2) is 4.67. The third-order valence-electron chi connectivity index (χ3n) is 2.13. The van der Waals surface area contributed by atoms with E-state index in [1.807, 2.05) is 6.92 Å². The molecular formula is C11H9BrFN3O. The van der Waals surface area contributed by atoms with Crippen molar-refractivity contribution in [1.82, 2.24) is 9.97 Å². The highest BCUT2D eigenvalue weighted by atomic mass is 79.9. The first-order valence-electron chi connectivity index (χ1n) is 4.84. The lowest BCUT2D eigenvalue weighted by atomic mass is 10.2. The van der Waals surface area contributed by atoms with E-state index in [0.29, 0.717) is 4.47 Å². The van der Waals surface area contributed by atoms with E-state index in [9.17, 15) is 9.18 Å². The first kappa shape index (κ1) is 11.8. The van der Waals surface area contributed by atoms with Crippen molar-refractivity contribution in [3.63, 3.8) is 0 Å². The molecule has 0 aliphatic heterocycles. The molecule has 2 N–H and O–H groups in total. The van der Waals surface area contributed by atoms with Crippen LogP contribution in [0.2, 0.25) is 0 Å². The molecule has 0 atom stereocenters. The first-order chi connectivity index (χ1) is 8.06. The number of rotatable bonds is 2. The molecule has 88 valence electrons. The van der Waals surface area contributed by atoms with Crippen LogP contribution in [0.5, 0.6) is 0 Å². The van der Waals surface area contributed by atoms with E-state index in [4.69, 9.17) is 0 Å². The summed E-state index contributed by atoms with van der Waals surface area (Å²) in [5, 5.41) is 2.72. The number of nitrogens with zero attached hydrogens (tertiary/aromatic N) is 1. The number of H-pyrrole nitrogens is 1. The van der Waals surface area contributed by atoms with Gasteiger partial charge in [0.15, 0.2) is 0 Å². The number of benzene rings is 1. The van der Waals surface area contributed by atoms with Gasteiger partial charge in [-0.2, -0.15) is 0 Å². The fourth-order valence-corrected chi connectivity index (χ4v) is 1.51. The molecule has 0 unspecified atom stereocenters. The molecule has 0 fully saturated rings. The minimum atomic E-state index is -0.402. The Morgan fingerprint density at radius 1 is 1.47 bits per heavy atom. The Hall–Kier alpha value is -1.69. The third kappa shape index (κ3) is 2.71. The van der Waals surface area contributed by atoms with Crippen LogP contribution in [0.15, 0.2) is 33.7 Å². The minimum Gasteiger partial charge on any atom is -0.323 e. The zero-order chi connectivity index (χ0) is 12.4. The number of hydrogen-bond donors (Lipinski definition) is 2. The largest absolute Gasteiger partial charge is 0.323 e. The molecule has 0 amide bonds.